The number of hydrogen-bond donors (Lipinski definition) is 0. The van der Waals surface area contributed by atoms with Crippen LogP contribution in [0.2, 0.25) is 0 Å². The third-order valence-electron chi connectivity index (χ3n) is 4.61. The standard InChI is InChI=1S/C23H22N2O7S/c1-13(26)29-19-12-33-23(22(31-15(3)28)21(19)30-14(2)27)32-18-5-4-10-25-20(18)17-8-6-16(11-24)7-9-17/h4-10,19,21-23H,12H2,1-3H3/t19-,21+,22-,23+/m1/s1. The number of benzene rings is 1. The van der Waals surface area contributed by atoms with E-state index in [0.29, 0.717) is 17.0 Å². The van der Waals surface area contributed by atoms with Gasteiger partial charge in [-0.05, 0) is 24.3 Å². The third kappa shape index (κ3) is 6.23. The van der Waals surface area contributed by atoms with E-state index in [0.717, 1.165) is 5.56 Å². The highest BCUT2D eigenvalue weighted by atomic mass is 32.2. The van der Waals surface area contributed by atoms with Crippen molar-refractivity contribution >= 4 is 29.7 Å². The van der Waals surface area contributed by atoms with Crippen LogP contribution >= 0.6 is 11.8 Å². The number of ether oxygens (including phenoxy) is 4. The van der Waals surface area contributed by atoms with Crippen LogP contribution in [0.15, 0.2) is 42.6 Å². The zero-order chi connectivity index (χ0) is 24.0. The van der Waals surface area contributed by atoms with Gasteiger partial charge in [-0.2, -0.15) is 5.26 Å². The quantitative estimate of drug-likeness (QED) is 0.459. The summed E-state index contributed by atoms with van der Waals surface area (Å²) in [6.07, 6.45) is -1.29. The fraction of sp³-hybridized carbons (Fsp3) is 0.348. The molecule has 2 aromatic rings. The highest BCUT2D eigenvalue weighted by Gasteiger charge is 2.47. The van der Waals surface area contributed by atoms with E-state index in [9.17, 15) is 14.4 Å². The first-order chi connectivity index (χ1) is 15.8. The number of carbonyl (C=O) groups excluding carboxylic acids is 3. The first-order valence-corrected chi connectivity index (χ1v) is 11.1. The minimum Gasteiger partial charge on any atom is -0.473 e. The van der Waals surface area contributed by atoms with Gasteiger partial charge in [0.1, 0.15) is 11.4 Å². The number of esters is 3. The van der Waals surface area contributed by atoms with Crippen LogP contribution in [-0.4, -0.2) is 52.4 Å². The number of rotatable bonds is 6. The van der Waals surface area contributed by atoms with E-state index in [1.165, 1.54) is 32.5 Å². The van der Waals surface area contributed by atoms with E-state index in [1.54, 1.807) is 42.6 Å². The molecule has 1 aliphatic heterocycles. The number of nitrogens with zero attached hydrogens (tertiary/aromatic N) is 2. The van der Waals surface area contributed by atoms with Gasteiger partial charge in [0.15, 0.2) is 23.7 Å². The summed E-state index contributed by atoms with van der Waals surface area (Å²) in [5.41, 5.74) is 0.987. The summed E-state index contributed by atoms with van der Waals surface area (Å²) in [4.78, 5) is 39.5. The van der Waals surface area contributed by atoms with E-state index >= 15 is 0 Å². The van der Waals surface area contributed by atoms with Crippen LogP contribution in [-0.2, 0) is 28.6 Å². The minimum absolute atomic E-state index is 0.256. The number of thioether (sulfide) groups is 1. The van der Waals surface area contributed by atoms with Gasteiger partial charge in [0.2, 0.25) is 0 Å². The molecule has 172 valence electrons. The van der Waals surface area contributed by atoms with E-state index in [4.69, 9.17) is 24.2 Å². The molecule has 0 N–H and O–H groups in total. The van der Waals surface area contributed by atoms with Crippen LogP contribution in [0.1, 0.15) is 26.3 Å². The summed E-state index contributed by atoms with van der Waals surface area (Å²) in [6, 6.07) is 12.3. The van der Waals surface area contributed by atoms with Crippen LogP contribution in [0.3, 0.4) is 0 Å². The SMILES string of the molecule is CC(=O)O[C@@H]1[C@@H](OC(C)=O)[C@@H](Oc2cccnc2-c2ccc(C#N)cc2)SC[C@H]1OC(C)=O. The Labute approximate surface area is 195 Å². The number of pyridine rings is 1. The molecule has 0 bridgehead atoms. The van der Waals surface area contributed by atoms with Gasteiger partial charge in [-0.25, -0.2) is 0 Å². The molecule has 0 radical (unpaired) electrons. The summed E-state index contributed by atoms with van der Waals surface area (Å²) >= 11 is 1.26. The van der Waals surface area contributed by atoms with Gasteiger partial charge in [0.25, 0.3) is 0 Å². The third-order valence-corrected chi connectivity index (χ3v) is 5.82. The second-order valence-corrected chi connectivity index (χ2v) is 8.29. The minimum atomic E-state index is -1.04. The molecule has 3 rings (SSSR count). The van der Waals surface area contributed by atoms with Crippen molar-refractivity contribution in [2.45, 2.75) is 44.5 Å². The number of hydrogen-bond acceptors (Lipinski definition) is 10. The van der Waals surface area contributed by atoms with Gasteiger partial charge in [-0.3, -0.25) is 19.4 Å². The molecule has 1 aliphatic rings. The number of nitriles is 1. The van der Waals surface area contributed by atoms with Crippen LogP contribution in [0.5, 0.6) is 5.75 Å². The Bertz CT molecular complexity index is 1070. The van der Waals surface area contributed by atoms with Crippen LogP contribution < -0.4 is 4.74 Å². The normalized spacial score (nSPS) is 21.9. The van der Waals surface area contributed by atoms with Gasteiger partial charge in [0.05, 0.1) is 11.6 Å². The van der Waals surface area contributed by atoms with Gasteiger partial charge in [0, 0.05) is 38.3 Å². The molecular weight excluding hydrogens is 448 g/mol. The Morgan fingerprint density at radius 1 is 0.970 bits per heavy atom. The van der Waals surface area contributed by atoms with E-state index in [-0.39, 0.29) is 5.75 Å². The van der Waals surface area contributed by atoms with Crippen LogP contribution in [0, 0.1) is 11.3 Å². The molecule has 1 aromatic carbocycles. The molecule has 1 fully saturated rings. The molecule has 9 nitrogen and oxygen atoms in total. The second-order valence-electron chi connectivity index (χ2n) is 7.15. The largest absolute Gasteiger partial charge is 0.473 e. The van der Waals surface area contributed by atoms with Crippen molar-refractivity contribution in [2.75, 3.05) is 5.75 Å². The molecule has 0 spiro atoms. The second kappa shape index (κ2) is 10.8. The van der Waals surface area contributed by atoms with Crippen LogP contribution in [0.25, 0.3) is 11.3 Å². The predicted molar refractivity (Wildman–Crippen MR) is 118 cm³/mol. The van der Waals surface area contributed by atoms with Crippen molar-refractivity contribution < 1.29 is 33.3 Å². The molecule has 10 heteroatoms. The van der Waals surface area contributed by atoms with Gasteiger partial charge < -0.3 is 18.9 Å². The molecule has 1 aromatic heterocycles. The van der Waals surface area contributed by atoms with E-state index in [2.05, 4.69) is 11.1 Å². The summed E-state index contributed by atoms with van der Waals surface area (Å²) in [5, 5.41) is 9.03. The van der Waals surface area contributed by atoms with Crippen molar-refractivity contribution in [3.05, 3.63) is 48.2 Å². The van der Waals surface area contributed by atoms with Gasteiger partial charge in [-0.1, -0.05) is 12.1 Å². The maximum absolute atomic E-state index is 11.8. The first kappa shape index (κ1) is 24.1. The smallest absolute Gasteiger partial charge is 0.303 e. The maximum Gasteiger partial charge on any atom is 0.303 e. The molecular formula is C23H22N2O7S. The fourth-order valence-corrected chi connectivity index (χ4v) is 4.55. The molecule has 1 saturated heterocycles. The Kier molecular flexibility index (Phi) is 7.90. The lowest BCUT2D eigenvalue weighted by Gasteiger charge is -2.40. The van der Waals surface area contributed by atoms with Crippen molar-refractivity contribution in [1.82, 2.24) is 4.98 Å². The monoisotopic (exact) mass is 470 g/mol. The maximum atomic E-state index is 11.8. The van der Waals surface area contributed by atoms with Crippen molar-refractivity contribution in [2.24, 2.45) is 0 Å². The predicted octanol–water partition coefficient (Wildman–Crippen LogP) is 2.87. The summed E-state index contributed by atoms with van der Waals surface area (Å²) in [7, 11) is 0. The van der Waals surface area contributed by atoms with E-state index < -0.39 is 41.7 Å². The Balaban J connectivity index is 1.93. The van der Waals surface area contributed by atoms with Crippen molar-refractivity contribution in [1.29, 1.82) is 5.26 Å². The first-order valence-electron chi connectivity index (χ1n) is 10.0. The summed E-state index contributed by atoms with van der Waals surface area (Å²) in [6.45, 7) is 3.70. The van der Waals surface area contributed by atoms with Gasteiger partial charge >= 0.3 is 17.9 Å². The average Bonchev–Trinajstić information content (AvgIpc) is 2.77. The number of aromatic nitrogens is 1. The topological polar surface area (TPSA) is 125 Å². The Morgan fingerprint density at radius 2 is 1.61 bits per heavy atom. The van der Waals surface area contributed by atoms with Crippen molar-refractivity contribution in [3.8, 4) is 23.1 Å². The highest BCUT2D eigenvalue weighted by molar-refractivity contribution is 7.99. The lowest BCUT2D eigenvalue weighted by Crippen LogP contribution is -2.55. The molecule has 0 unspecified atom stereocenters. The van der Waals surface area contributed by atoms with E-state index in [1.807, 2.05) is 0 Å². The lowest BCUT2D eigenvalue weighted by atomic mass is 10.1. The molecule has 0 aliphatic carbocycles. The molecule has 2 heterocycles. The average molecular weight is 471 g/mol. The Morgan fingerprint density at radius 3 is 2.21 bits per heavy atom. The molecule has 4 atom stereocenters. The van der Waals surface area contributed by atoms with Crippen molar-refractivity contribution in [3.63, 3.8) is 0 Å². The fourth-order valence-electron chi connectivity index (χ4n) is 3.34. The number of carbonyl (C=O) groups is 3. The Hall–Kier alpha value is -3.58. The summed E-state index contributed by atoms with van der Waals surface area (Å²) < 4.78 is 22.4. The molecule has 33 heavy (non-hydrogen) atoms. The molecule has 0 saturated carbocycles. The highest BCUT2D eigenvalue weighted by Crippen LogP contribution is 2.37. The zero-order valence-corrected chi connectivity index (χ0v) is 19.0. The molecule has 0 amide bonds. The lowest BCUT2D eigenvalue weighted by molar-refractivity contribution is -0.186. The summed E-state index contributed by atoms with van der Waals surface area (Å²) in [5.74, 6) is -1.10. The van der Waals surface area contributed by atoms with Crippen LogP contribution in [0.4, 0.5) is 0 Å². The zero-order valence-electron chi connectivity index (χ0n) is 18.2. The van der Waals surface area contributed by atoms with Gasteiger partial charge in [-0.15, -0.1) is 11.8 Å².